The van der Waals surface area contributed by atoms with E-state index in [4.69, 9.17) is 9.47 Å². The summed E-state index contributed by atoms with van der Waals surface area (Å²) in [5.41, 5.74) is -0.847. The van der Waals surface area contributed by atoms with Gasteiger partial charge in [-0.3, -0.25) is 20.3 Å². The number of piperidine rings is 1. The van der Waals surface area contributed by atoms with E-state index in [0.717, 1.165) is 25.9 Å². The first-order valence-corrected chi connectivity index (χ1v) is 12.3. The number of likely N-dealkylation sites (tertiary alicyclic amines) is 1. The van der Waals surface area contributed by atoms with Gasteiger partial charge in [0.05, 0.1) is 32.4 Å². The van der Waals surface area contributed by atoms with Crippen LogP contribution in [-0.2, 0) is 14.3 Å². The number of nitriles is 1. The maximum Gasteiger partial charge on any atom is 0.409 e. The number of nitrogens with zero attached hydrogens (tertiary/aromatic N) is 3. The van der Waals surface area contributed by atoms with E-state index < -0.39 is 24.0 Å². The molecule has 0 aromatic heterocycles. The van der Waals surface area contributed by atoms with E-state index in [0.29, 0.717) is 51.5 Å². The van der Waals surface area contributed by atoms with E-state index in [1.54, 1.807) is 0 Å². The number of morpholine rings is 1. The van der Waals surface area contributed by atoms with E-state index >= 15 is 0 Å². The van der Waals surface area contributed by atoms with Crippen molar-refractivity contribution in [3.63, 3.8) is 0 Å². The molecule has 2 unspecified atom stereocenters. The first-order chi connectivity index (χ1) is 15.9. The number of methoxy groups -OCH3 is 1. The standard InChI is InChI=1S/C23H40N6O4/c1-28-10-8-23(17-24,9-11-28)27-20(30)19(16-18-6-4-3-5-7-18)25-21(26-22(31)32-2)29-12-14-33-15-13-29/h18-19,21,25H,3-16H2,1-2H3,(H,26,31)(H,27,30). The highest BCUT2D eigenvalue weighted by atomic mass is 16.5. The van der Waals surface area contributed by atoms with Gasteiger partial charge in [-0.25, -0.2) is 4.79 Å². The predicted octanol–water partition coefficient (Wildman–Crippen LogP) is 0.991. The van der Waals surface area contributed by atoms with Crippen LogP contribution in [0.2, 0.25) is 0 Å². The zero-order valence-corrected chi connectivity index (χ0v) is 20.1. The van der Waals surface area contributed by atoms with Crippen LogP contribution >= 0.6 is 0 Å². The van der Waals surface area contributed by atoms with Crippen molar-refractivity contribution in [2.24, 2.45) is 5.92 Å². The summed E-state index contributed by atoms with van der Waals surface area (Å²) < 4.78 is 10.3. The first-order valence-electron chi connectivity index (χ1n) is 12.3. The van der Waals surface area contributed by atoms with Gasteiger partial charge in [-0.2, -0.15) is 5.26 Å². The molecule has 2 heterocycles. The zero-order valence-electron chi connectivity index (χ0n) is 20.1. The van der Waals surface area contributed by atoms with Crippen molar-refractivity contribution >= 4 is 12.0 Å². The maximum atomic E-state index is 13.6. The molecule has 186 valence electrons. The quantitative estimate of drug-likeness (QED) is 0.455. The summed E-state index contributed by atoms with van der Waals surface area (Å²) in [4.78, 5) is 29.9. The van der Waals surface area contributed by atoms with Gasteiger partial charge in [0.2, 0.25) is 5.91 Å². The van der Waals surface area contributed by atoms with Crippen LogP contribution in [0, 0.1) is 17.2 Å². The lowest BCUT2D eigenvalue weighted by Gasteiger charge is -2.40. The third-order valence-electron chi connectivity index (χ3n) is 7.24. The Bertz CT molecular complexity index is 679. The molecule has 10 nitrogen and oxygen atoms in total. The van der Waals surface area contributed by atoms with Crippen LogP contribution < -0.4 is 16.0 Å². The molecular weight excluding hydrogens is 424 g/mol. The van der Waals surface area contributed by atoms with Crippen LogP contribution in [0.15, 0.2) is 0 Å². The summed E-state index contributed by atoms with van der Waals surface area (Å²) in [6.45, 7) is 3.93. The highest BCUT2D eigenvalue weighted by Crippen LogP contribution is 2.28. The smallest absolute Gasteiger partial charge is 0.409 e. The number of amides is 2. The van der Waals surface area contributed by atoms with Crippen molar-refractivity contribution in [1.82, 2.24) is 25.8 Å². The van der Waals surface area contributed by atoms with Crippen LogP contribution in [0.25, 0.3) is 0 Å². The number of rotatable bonds is 8. The van der Waals surface area contributed by atoms with E-state index in [2.05, 4.69) is 31.8 Å². The Hall–Kier alpha value is -1.93. The van der Waals surface area contributed by atoms with E-state index in [9.17, 15) is 14.9 Å². The van der Waals surface area contributed by atoms with Gasteiger partial charge >= 0.3 is 6.09 Å². The first kappa shape index (κ1) is 25.7. The van der Waals surface area contributed by atoms with Crippen LogP contribution in [0.5, 0.6) is 0 Å². The molecule has 2 aliphatic heterocycles. The minimum absolute atomic E-state index is 0.170. The van der Waals surface area contributed by atoms with Crippen molar-refractivity contribution in [3.05, 3.63) is 0 Å². The fraction of sp³-hybridized carbons (Fsp3) is 0.870. The van der Waals surface area contributed by atoms with Crippen molar-refractivity contribution < 1.29 is 19.1 Å². The van der Waals surface area contributed by atoms with Gasteiger partial charge in [-0.05, 0) is 32.2 Å². The number of alkyl carbamates (subject to hydrolysis) is 1. The molecular formula is C23H40N6O4. The molecule has 0 spiro atoms. The minimum atomic E-state index is -0.847. The highest BCUT2D eigenvalue weighted by molar-refractivity contribution is 5.83. The lowest BCUT2D eigenvalue weighted by molar-refractivity contribution is -0.126. The molecule has 3 N–H and O–H groups in total. The third kappa shape index (κ3) is 7.54. The monoisotopic (exact) mass is 464 g/mol. The Morgan fingerprint density at radius 2 is 1.82 bits per heavy atom. The minimum Gasteiger partial charge on any atom is -0.453 e. The molecule has 33 heavy (non-hydrogen) atoms. The molecule has 3 rings (SSSR count). The second kappa shape index (κ2) is 12.5. The van der Waals surface area contributed by atoms with Crippen LogP contribution in [-0.4, -0.2) is 93.2 Å². The molecule has 0 aromatic rings. The Balaban J connectivity index is 1.75. The lowest BCUT2D eigenvalue weighted by Crippen LogP contribution is -2.65. The molecule has 10 heteroatoms. The number of hydrogen-bond donors (Lipinski definition) is 3. The Kier molecular flexibility index (Phi) is 9.74. The summed E-state index contributed by atoms with van der Waals surface area (Å²) in [7, 11) is 3.36. The number of ether oxygens (including phenoxy) is 2. The molecule has 2 amide bonds. The van der Waals surface area contributed by atoms with Gasteiger partial charge in [0.15, 0.2) is 0 Å². The van der Waals surface area contributed by atoms with E-state index in [-0.39, 0.29) is 5.91 Å². The van der Waals surface area contributed by atoms with E-state index in [1.807, 2.05) is 7.05 Å². The zero-order chi connectivity index (χ0) is 23.7. The van der Waals surface area contributed by atoms with Crippen LogP contribution in [0.4, 0.5) is 4.79 Å². The van der Waals surface area contributed by atoms with Crippen molar-refractivity contribution in [2.45, 2.75) is 69.2 Å². The molecule has 2 atom stereocenters. The summed E-state index contributed by atoms with van der Waals surface area (Å²) >= 11 is 0. The fourth-order valence-electron chi connectivity index (χ4n) is 5.03. The maximum absolute atomic E-state index is 13.6. The summed E-state index contributed by atoms with van der Waals surface area (Å²) in [5, 5.41) is 19.2. The summed E-state index contributed by atoms with van der Waals surface area (Å²) in [6.07, 6.45) is 6.59. The topological polar surface area (TPSA) is 119 Å². The van der Waals surface area contributed by atoms with Gasteiger partial charge in [0, 0.05) is 26.2 Å². The van der Waals surface area contributed by atoms with Crippen LogP contribution in [0.1, 0.15) is 51.4 Å². The van der Waals surface area contributed by atoms with Gasteiger partial charge in [-0.15, -0.1) is 0 Å². The molecule has 0 bridgehead atoms. The number of carbonyl (C=O) groups is 2. The number of hydrogen-bond acceptors (Lipinski definition) is 8. The lowest BCUT2D eigenvalue weighted by atomic mass is 9.84. The fourth-order valence-corrected chi connectivity index (χ4v) is 5.03. The van der Waals surface area contributed by atoms with Crippen LogP contribution in [0.3, 0.4) is 0 Å². The van der Waals surface area contributed by atoms with Gasteiger partial charge in [0.1, 0.15) is 11.8 Å². The Morgan fingerprint density at radius 3 is 2.42 bits per heavy atom. The molecule has 2 saturated heterocycles. The average Bonchev–Trinajstić information content (AvgIpc) is 2.85. The summed E-state index contributed by atoms with van der Waals surface area (Å²) in [6, 6.07) is 1.86. The second-order valence-electron chi connectivity index (χ2n) is 9.63. The SMILES string of the molecule is COC(=O)NC(NC(CC1CCCCC1)C(=O)NC1(C#N)CCN(C)CC1)N1CCOCC1. The van der Waals surface area contributed by atoms with Gasteiger partial charge in [0.25, 0.3) is 0 Å². The number of nitrogens with one attached hydrogen (secondary N) is 3. The molecule has 0 aromatic carbocycles. The van der Waals surface area contributed by atoms with Crippen molar-refractivity contribution in [1.29, 1.82) is 5.26 Å². The largest absolute Gasteiger partial charge is 0.453 e. The average molecular weight is 465 g/mol. The number of carbonyl (C=O) groups excluding carboxylic acids is 2. The van der Waals surface area contributed by atoms with Gasteiger partial charge in [-0.1, -0.05) is 32.1 Å². The molecule has 0 radical (unpaired) electrons. The second-order valence-corrected chi connectivity index (χ2v) is 9.63. The molecule has 1 saturated carbocycles. The Morgan fingerprint density at radius 1 is 1.15 bits per heavy atom. The normalized spacial score (nSPS) is 24.3. The van der Waals surface area contributed by atoms with Crippen molar-refractivity contribution in [2.75, 3.05) is 53.6 Å². The predicted molar refractivity (Wildman–Crippen MR) is 123 cm³/mol. The molecule has 3 aliphatic rings. The molecule has 3 fully saturated rings. The third-order valence-corrected chi connectivity index (χ3v) is 7.24. The van der Waals surface area contributed by atoms with E-state index in [1.165, 1.54) is 26.4 Å². The van der Waals surface area contributed by atoms with Gasteiger partial charge < -0.3 is 19.7 Å². The molecule has 1 aliphatic carbocycles. The van der Waals surface area contributed by atoms with Crippen molar-refractivity contribution in [3.8, 4) is 6.07 Å². The highest BCUT2D eigenvalue weighted by Gasteiger charge is 2.38. The Labute approximate surface area is 197 Å². The summed E-state index contributed by atoms with van der Waals surface area (Å²) in [5.74, 6) is 0.276.